The number of rotatable bonds is 5. The van der Waals surface area contributed by atoms with E-state index in [1.807, 2.05) is 22.8 Å². The summed E-state index contributed by atoms with van der Waals surface area (Å²) >= 11 is 0. The minimum absolute atomic E-state index is 0.287. The Balaban J connectivity index is 1.87. The summed E-state index contributed by atoms with van der Waals surface area (Å²) in [6.45, 7) is 1.26. The molecule has 5 heteroatoms. The van der Waals surface area contributed by atoms with Crippen molar-refractivity contribution in [3.05, 3.63) is 54.6 Å². The zero-order valence-electron chi connectivity index (χ0n) is 11.5. The van der Waals surface area contributed by atoms with Crippen molar-refractivity contribution in [1.82, 2.24) is 9.55 Å². The highest BCUT2D eigenvalue weighted by Crippen LogP contribution is 2.25. The smallest absolute Gasteiger partial charge is 0.177 e. The summed E-state index contributed by atoms with van der Waals surface area (Å²) in [6.07, 6.45) is 2.93. The molecular formula is C16H14FN2O2. The lowest BCUT2D eigenvalue weighted by molar-refractivity contribution is 0.188. The van der Waals surface area contributed by atoms with Crippen LogP contribution in [-0.2, 0) is 11.3 Å². The van der Waals surface area contributed by atoms with Crippen molar-refractivity contribution in [3.8, 4) is 11.5 Å². The number of aromatic nitrogens is 2. The lowest BCUT2D eigenvalue weighted by Crippen LogP contribution is -2.02. The van der Waals surface area contributed by atoms with Crippen molar-refractivity contribution in [2.45, 2.75) is 6.54 Å². The summed E-state index contributed by atoms with van der Waals surface area (Å²) in [7, 11) is 1.65. The number of nitrogens with zero attached hydrogens (tertiary/aromatic N) is 2. The first-order valence-corrected chi connectivity index (χ1v) is 6.56. The Hall–Kier alpha value is -2.40. The first-order valence-electron chi connectivity index (χ1n) is 6.56. The molecule has 0 atom stereocenters. The van der Waals surface area contributed by atoms with E-state index >= 15 is 0 Å². The molecular weight excluding hydrogens is 271 g/mol. The third-order valence-corrected chi connectivity index (χ3v) is 3.10. The largest absolute Gasteiger partial charge is 0.457 e. The summed E-state index contributed by atoms with van der Waals surface area (Å²) < 4.78 is 25.5. The van der Waals surface area contributed by atoms with E-state index < -0.39 is 0 Å². The van der Waals surface area contributed by atoms with E-state index in [4.69, 9.17) is 9.47 Å². The second-order valence-electron chi connectivity index (χ2n) is 4.56. The Labute approximate surface area is 121 Å². The highest BCUT2D eigenvalue weighted by molar-refractivity contribution is 5.77. The predicted molar refractivity (Wildman–Crippen MR) is 76.9 cm³/mol. The van der Waals surface area contributed by atoms with Gasteiger partial charge in [-0.2, -0.15) is 0 Å². The van der Waals surface area contributed by atoms with Crippen LogP contribution in [0.4, 0.5) is 4.39 Å². The maximum absolute atomic E-state index is 12.9. The molecule has 0 aliphatic heterocycles. The summed E-state index contributed by atoms with van der Waals surface area (Å²) in [6, 6.07) is 11.5. The number of halogens is 1. The van der Waals surface area contributed by atoms with Crippen LogP contribution in [0.1, 0.15) is 0 Å². The zero-order valence-corrected chi connectivity index (χ0v) is 11.5. The van der Waals surface area contributed by atoms with Crippen LogP contribution in [0.2, 0.25) is 0 Å². The summed E-state index contributed by atoms with van der Waals surface area (Å²) in [5, 5.41) is 0. The van der Waals surface area contributed by atoms with E-state index in [1.54, 1.807) is 19.2 Å². The Morgan fingerprint density at radius 3 is 2.67 bits per heavy atom. The first kappa shape index (κ1) is 13.6. The Morgan fingerprint density at radius 1 is 1.14 bits per heavy atom. The van der Waals surface area contributed by atoms with Crippen LogP contribution in [0.15, 0.2) is 42.5 Å². The third-order valence-electron chi connectivity index (χ3n) is 3.10. The van der Waals surface area contributed by atoms with Crippen LogP contribution in [0.3, 0.4) is 0 Å². The molecule has 0 amide bonds. The van der Waals surface area contributed by atoms with Gasteiger partial charge in [0.25, 0.3) is 0 Å². The molecule has 1 radical (unpaired) electrons. The average Bonchev–Trinajstić information content (AvgIpc) is 2.90. The maximum atomic E-state index is 12.9. The Morgan fingerprint density at radius 2 is 1.90 bits per heavy atom. The van der Waals surface area contributed by atoms with Gasteiger partial charge < -0.3 is 14.0 Å². The maximum Gasteiger partial charge on any atom is 0.177 e. The van der Waals surface area contributed by atoms with Crippen LogP contribution < -0.4 is 4.74 Å². The van der Waals surface area contributed by atoms with Crippen molar-refractivity contribution >= 4 is 11.0 Å². The van der Waals surface area contributed by atoms with E-state index in [1.165, 1.54) is 12.1 Å². The van der Waals surface area contributed by atoms with Crippen LogP contribution in [0.5, 0.6) is 11.5 Å². The molecule has 0 fully saturated rings. The van der Waals surface area contributed by atoms with E-state index in [-0.39, 0.29) is 5.82 Å². The molecule has 107 valence electrons. The van der Waals surface area contributed by atoms with E-state index in [0.29, 0.717) is 24.7 Å². The normalized spacial score (nSPS) is 11.0. The van der Waals surface area contributed by atoms with Gasteiger partial charge in [-0.3, -0.25) is 0 Å². The van der Waals surface area contributed by atoms with Crippen molar-refractivity contribution in [2.24, 2.45) is 0 Å². The number of hydrogen-bond donors (Lipinski definition) is 0. The lowest BCUT2D eigenvalue weighted by Gasteiger charge is -2.07. The van der Waals surface area contributed by atoms with Gasteiger partial charge in [0, 0.05) is 19.7 Å². The highest BCUT2D eigenvalue weighted by atomic mass is 19.1. The Bertz CT molecular complexity index is 738. The van der Waals surface area contributed by atoms with Crippen LogP contribution in [0.25, 0.3) is 11.0 Å². The highest BCUT2D eigenvalue weighted by Gasteiger charge is 2.06. The van der Waals surface area contributed by atoms with E-state index in [2.05, 4.69) is 11.3 Å². The fourth-order valence-corrected chi connectivity index (χ4v) is 2.04. The number of fused-ring (bicyclic) bond motifs is 1. The molecule has 0 spiro atoms. The van der Waals surface area contributed by atoms with Gasteiger partial charge in [-0.1, -0.05) is 0 Å². The standard InChI is InChI=1S/C16H14FN2O2/c1-20-9-8-19-11-18-15-7-6-14(10-16(15)19)21-13-4-2-12(17)3-5-13/h2-7,10H,8-9H2,1H3. The quantitative estimate of drug-likeness (QED) is 0.720. The van der Waals surface area contributed by atoms with Crippen molar-refractivity contribution in [1.29, 1.82) is 0 Å². The summed E-state index contributed by atoms with van der Waals surface area (Å²) in [5.41, 5.74) is 1.77. The fourth-order valence-electron chi connectivity index (χ4n) is 2.04. The second kappa shape index (κ2) is 5.93. The number of methoxy groups -OCH3 is 1. The number of imidazole rings is 1. The van der Waals surface area contributed by atoms with Gasteiger partial charge in [-0.05, 0) is 36.4 Å². The molecule has 0 N–H and O–H groups in total. The minimum Gasteiger partial charge on any atom is -0.457 e. The number of benzene rings is 2. The monoisotopic (exact) mass is 285 g/mol. The SMILES string of the molecule is COCCn1[c]nc2ccc(Oc3ccc(F)cc3)cc21. The fraction of sp³-hybridized carbons (Fsp3) is 0.188. The molecule has 3 aromatic rings. The molecule has 0 bridgehead atoms. The van der Waals surface area contributed by atoms with E-state index in [0.717, 1.165) is 11.0 Å². The summed E-state index contributed by atoms with van der Waals surface area (Å²) in [5.74, 6) is 0.967. The molecule has 1 aromatic heterocycles. The van der Waals surface area contributed by atoms with Gasteiger partial charge >= 0.3 is 0 Å². The van der Waals surface area contributed by atoms with Crippen LogP contribution >= 0.6 is 0 Å². The van der Waals surface area contributed by atoms with Gasteiger partial charge in [0.1, 0.15) is 17.3 Å². The van der Waals surface area contributed by atoms with Crippen molar-refractivity contribution in [3.63, 3.8) is 0 Å². The van der Waals surface area contributed by atoms with Crippen LogP contribution in [0, 0.1) is 12.1 Å². The number of ether oxygens (including phenoxy) is 2. The summed E-state index contributed by atoms with van der Waals surface area (Å²) in [4.78, 5) is 4.21. The Kier molecular flexibility index (Phi) is 3.83. The van der Waals surface area contributed by atoms with Gasteiger partial charge in [0.15, 0.2) is 6.33 Å². The molecule has 0 unspecified atom stereocenters. The van der Waals surface area contributed by atoms with Crippen molar-refractivity contribution < 1.29 is 13.9 Å². The molecule has 0 saturated carbocycles. The predicted octanol–water partition coefficient (Wildman–Crippen LogP) is 3.41. The van der Waals surface area contributed by atoms with Gasteiger partial charge in [-0.15, -0.1) is 0 Å². The van der Waals surface area contributed by atoms with Gasteiger partial charge in [0.05, 0.1) is 17.6 Å². The molecule has 2 aromatic carbocycles. The molecule has 4 nitrogen and oxygen atoms in total. The molecule has 1 heterocycles. The van der Waals surface area contributed by atoms with Crippen molar-refractivity contribution in [2.75, 3.05) is 13.7 Å². The third kappa shape index (κ3) is 3.03. The average molecular weight is 285 g/mol. The minimum atomic E-state index is -0.287. The van der Waals surface area contributed by atoms with E-state index in [9.17, 15) is 4.39 Å². The molecule has 21 heavy (non-hydrogen) atoms. The zero-order chi connectivity index (χ0) is 14.7. The lowest BCUT2D eigenvalue weighted by atomic mass is 10.3. The molecule has 3 rings (SSSR count). The number of hydrogen-bond acceptors (Lipinski definition) is 3. The second-order valence-corrected chi connectivity index (χ2v) is 4.56. The molecule has 0 aliphatic carbocycles. The topological polar surface area (TPSA) is 36.3 Å². The first-order chi connectivity index (χ1) is 10.3. The van der Waals surface area contributed by atoms with Gasteiger partial charge in [-0.25, -0.2) is 9.37 Å². The van der Waals surface area contributed by atoms with Gasteiger partial charge in [0.2, 0.25) is 0 Å². The molecule has 0 saturated heterocycles. The molecule has 0 aliphatic rings. The van der Waals surface area contributed by atoms with Crippen LogP contribution in [-0.4, -0.2) is 23.3 Å².